The zero-order chi connectivity index (χ0) is 16.5. The van der Waals surface area contributed by atoms with Gasteiger partial charge in [0, 0.05) is 23.2 Å². The van der Waals surface area contributed by atoms with Crippen LogP contribution in [0.3, 0.4) is 0 Å². The molecule has 2 heterocycles. The van der Waals surface area contributed by atoms with Gasteiger partial charge < -0.3 is 9.84 Å². The van der Waals surface area contributed by atoms with Crippen LogP contribution in [0.15, 0.2) is 47.1 Å². The number of aryl methyl sites for hydroxylation is 1. The molecule has 1 aliphatic carbocycles. The Morgan fingerprint density at radius 3 is 2.62 bits per heavy atom. The number of anilines is 1. The largest absolute Gasteiger partial charge is 0.339 e. The maximum Gasteiger partial charge on any atom is 0.256 e. The van der Waals surface area contributed by atoms with E-state index in [2.05, 4.69) is 20.4 Å². The molecule has 0 saturated heterocycles. The molecule has 3 aromatic rings. The van der Waals surface area contributed by atoms with E-state index in [9.17, 15) is 4.79 Å². The van der Waals surface area contributed by atoms with Crippen LogP contribution in [0.5, 0.6) is 0 Å². The number of nitrogens with zero attached hydrogens (tertiary/aromatic N) is 3. The molecule has 1 amide bonds. The Morgan fingerprint density at radius 2 is 1.96 bits per heavy atom. The molecule has 0 radical (unpaired) electrons. The van der Waals surface area contributed by atoms with Crippen LogP contribution in [0.4, 0.5) is 5.82 Å². The highest BCUT2D eigenvalue weighted by Gasteiger charge is 2.29. The summed E-state index contributed by atoms with van der Waals surface area (Å²) in [6.45, 7) is 1.95. The molecular weight excluding hydrogens is 304 g/mol. The number of rotatable bonds is 4. The van der Waals surface area contributed by atoms with Gasteiger partial charge in [0.1, 0.15) is 5.82 Å². The summed E-state index contributed by atoms with van der Waals surface area (Å²) < 4.78 is 5.26. The zero-order valence-corrected chi connectivity index (χ0v) is 13.2. The van der Waals surface area contributed by atoms with Gasteiger partial charge in [-0.25, -0.2) is 4.98 Å². The quantitative estimate of drug-likeness (QED) is 0.795. The van der Waals surface area contributed by atoms with E-state index in [1.54, 1.807) is 24.4 Å². The minimum atomic E-state index is -0.204. The highest BCUT2D eigenvalue weighted by Crippen LogP contribution is 2.39. The van der Waals surface area contributed by atoms with Crippen molar-refractivity contribution in [1.82, 2.24) is 15.1 Å². The first kappa shape index (κ1) is 14.6. The van der Waals surface area contributed by atoms with Crippen LogP contribution < -0.4 is 5.32 Å². The van der Waals surface area contributed by atoms with Crippen LogP contribution in [0.1, 0.15) is 40.6 Å². The number of carbonyl (C=O) groups excluding carboxylic acids is 1. The van der Waals surface area contributed by atoms with Crippen molar-refractivity contribution < 1.29 is 9.32 Å². The van der Waals surface area contributed by atoms with Crippen molar-refractivity contribution in [2.45, 2.75) is 25.7 Å². The van der Waals surface area contributed by atoms with Crippen LogP contribution in [0.25, 0.3) is 11.4 Å². The van der Waals surface area contributed by atoms with Crippen molar-refractivity contribution in [2.75, 3.05) is 5.32 Å². The van der Waals surface area contributed by atoms with Crippen molar-refractivity contribution in [3.05, 3.63) is 59.6 Å². The van der Waals surface area contributed by atoms with Gasteiger partial charge in [-0.15, -0.1) is 0 Å². The standard InChI is InChI=1S/C18H16N4O2/c1-11-2-9-15(19-10-11)20-17(23)13-5-3-12(4-6-13)16-21-18(24-22-16)14-7-8-14/h2-6,9-10,14H,7-8H2,1H3,(H,19,20,23). The van der Waals surface area contributed by atoms with Crippen LogP contribution in [0.2, 0.25) is 0 Å². The molecule has 0 atom stereocenters. The summed E-state index contributed by atoms with van der Waals surface area (Å²) in [4.78, 5) is 20.8. The molecular formula is C18H16N4O2. The number of nitrogens with one attached hydrogen (secondary N) is 1. The lowest BCUT2D eigenvalue weighted by Crippen LogP contribution is -2.12. The second kappa shape index (κ2) is 5.88. The van der Waals surface area contributed by atoms with Gasteiger partial charge in [-0.2, -0.15) is 4.98 Å². The molecule has 1 fully saturated rings. The summed E-state index contributed by atoms with van der Waals surface area (Å²) in [5.41, 5.74) is 2.42. The first-order valence-electron chi connectivity index (χ1n) is 7.87. The van der Waals surface area contributed by atoms with Gasteiger partial charge in [0.15, 0.2) is 0 Å². The second-order valence-corrected chi connectivity index (χ2v) is 5.98. The Morgan fingerprint density at radius 1 is 1.17 bits per heavy atom. The Hall–Kier alpha value is -3.02. The van der Waals surface area contributed by atoms with Crippen LogP contribution in [-0.4, -0.2) is 21.0 Å². The molecule has 24 heavy (non-hydrogen) atoms. The van der Waals surface area contributed by atoms with E-state index in [4.69, 9.17) is 4.52 Å². The average molecular weight is 320 g/mol. The van der Waals surface area contributed by atoms with Crippen molar-refractivity contribution in [2.24, 2.45) is 0 Å². The van der Waals surface area contributed by atoms with E-state index >= 15 is 0 Å². The highest BCUT2D eigenvalue weighted by atomic mass is 16.5. The lowest BCUT2D eigenvalue weighted by Gasteiger charge is -2.05. The third-order valence-corrected chi connectivity index (χ3v) is 3.93. The number of carbonyl (C=O) groups is 1. The summed E-state index contributed by atoms with van der Waals surface area (Å²) in [6.07, 6.45) is 3.95. The lowest BCUT2D eigenvalue weighted by atomic mass is 10.1. The third kappa shape index (κ3) is 3.03. The van der Waals surface area contributed by atoms with E-state index in [1.807, 2.05) is 25.1 Å². The molecule has 0 unspecified atom stereocenters. The van der Waals surface area contributed by atoms with Crippen molar-refractivity contribution in [1.29, 1.82) is 0 Å². The molecule has 4 rings (SSSR count). The predicted molar refractivity (Wildman–Crippen MR) is 88.6 cm³/mol. The first-order valence-corrected chi connectivity index (χ1v) is 7.87. The van der Waals surface area contributed by atoms with E-state index in [1.165, 1.54) is 0 Å². The van der Waals surface area contributed by atoms with Crippen molar-refractivity contribution >= 4 is 11.7 Å². The van der Waals surface area contributed by atoms with Gasteiger partial charge in [-0.1, -0.05) is 23.4 Å². The number of pyridine rings is 1. The fraction of sp³-hybridized carbons (Fsp3) is 0.222. The summed E-state index contributed by atoms with van der Waals surface area (Å²) in [5.74, 6) is 2.02. The fourth-order valence-electron chi connectivity index (χ4n) is 2.35. The second-order valence-electron chi connectivity index (χ2n) is 5.98. The molecule has 2 aromatic heterocycles. The summed E-state index contributed by atoms with van der Waals surface area (Å²) >= 11 is 0. The Labute approximate surface area is 138 Å². The number of benzene rings is 1. The summed E-state index contributed by atoms with van der Waals surface area (Å²) in [5, 5.41) is 6.77. The van der Waals surface area contributed by atoms with E-state index in [0.29, 0.717) is 29.0 Å². The Bertz CT molecular complexity index is 865. The highest BCUT2D eigenvalue weighted by molar-refractivity contribution is 6.03. The molecule has 120 valence electrons. The molecule has 1 N–H and O–H groups in total. The van der Waals surface area contributed by atoms with Gasteiger partial charge in [-0.3, -0.25) is 4.79 Å². The maximum absolute atomic E-state index is 12.2. The molecule has 6 nitrogen and oxygen atoms in total. The fourth-order valence-corrected chi connectivity index (χ4v) is 2.35. The van der Waals surface area contributed by atoms with Gasteiger partial charge in [0.25, 0.3) is 5.91 Å². The van der Waals surface area contributed by atoms with Gasteiger partial charge >= 0.3 is 0 Å². The van der Waals surface area contributed by atoms with Crippen LogP contribution >= 0.6 is 0 Å². The molecule has 0 bridgehead atoms. The minimum Gasteiger partial charge on any atom is -0.339 e. The minimum absolute atomic E-state index is 0.204. The number of aromatic nitrogens is 3. The molecule has 1 aromatic carbocycles. The van der Waals surface area contributed by atoms with Crippen LogP contribution in [0, 0.1) is 6.92 Å². The van der Waals surface area contributed by atoms with Crippen molar-refractivity contribution in [3.8, 4) is 11.4 Å². The monoisotopic (exact) mass is 320 g/mol. The van der Waals surface area contributed by atoms with E-state index in [-0.39, 0.29) is 5.91 Å². The number of hydrogen-bond donors (Lipinski definition) is 1. The summed E-state index contributed by atoms with van der Waals surface area (Å²) in [6, 6.07) is 10.8. The number of amides is 1. The van der Waals surface area contributed by atoms with Gasteiger partial charge in [0.05, 0.1) is 0 Å². The maximum atomic E-state index is 12.2. The Balaban J connectivity index is 1.47. The molecule has 0 spiro atoms. The SMILES string of the molecule is Cc1ccc(NC(=O)c2ccc(-c3noc(C4CC4)n3)cc2)nc1. The Kier molecular flexibility index (Phi) is 3.57. The van der Waals surface area contributed by atoms with E-state index < -0.39 is 0 Å². The van der Waals surface area contributed by atoms with Crippen LogP contribution in [-0.2, 0) is 0 Å². The number of hydrogen-bond acceptors (Lipinski definition) is 5. The smallest absolute Gasteiger partial charge is 0.256 e. The summed E-state index contributed by atoms with van der Waals surface area (Å²) in [7, 11) is 0. The first-order chi connectivity index (χ1) is 11.7. The third-order valence-electron chi connectivity index (χ3n) is 3.93. The van der Waals surface area contributed by atoms with Crippen molar-refractivity contribution in [3.63, 3.8) is 0 Å². The molecule has 1 saturated carbocycles. The topological polar surface area (TPSA) is 80.9 Å². The average Bonchev–Trinajstić information content (AvgIpc) is 3.34. The molecule has 0 aliphatic heterocycles. The molecule has 1 aliphatic rings. The predicted octanol–water partition coefficient (Wildman–Crippen LogP) is 3.57. The zero-order valence-electron chi connectivity index (χ0n) is 13.2. The molecule has 6 heteroatoms. The van der Waals surface area contributed by atoms with E-state index in [0.717, 1.165) is 24.0 Å². The van der Waals surface area contributed by atoms with Gasteiger partial charge in [-0.05, 0) is 43.5 Å². The normalized spacial score (nSPS) is 13.7. The lowest BCUT2D eigenvalue weighted by molar-refractivity contribution is 0.102. The van der Waals surface area contributed by atoms with Gasteiger partial charge in [0.2, 0.25) is 11.7 Å².